The fourth-order valence-corrected chi connectivity index (χ4v) is 2.59. The third kappa shape index (κ3) is 5.04. The van der Waals surface area contributed by atoms with Gasteiger partial charge in [-0.15, -0.1) is 0 Å². The Labute approximate surface area is 137 Å². The Morgan fingerprint density at radius 1 is 1.39 bits per heavy atom. The van der Waals surface area contributed by atoms with Gasteiger partial charge >= 0.3 is 0 Å². The molecule has 0 bridgehead atoms. The molecule has 0 spiro atoms. The number of rotatable bonds is 6. The number of carbonyl (C=O) groups excluding carboxylic acids is 1. The molecule has 1 aromatic rings. The molecule has 2 heterocycles. The second-order valence-electron chi connectivity index (χ2n) is 6.59. The van der Waals surface area contributed by atoms with Crippen LogP contribution in [0.15, 0.2) is 12.4 Å². The lowest BCUT2D eigenvalue weighted by atomic mass is 10.1. The first-order valence-electron chi connectivity index (χ1n) is 7.69. The first-order chi connectivity index (χ1) is 10.8. The number of anilines is 2. The van der Waals surface area contributed by atoms with Crippen LogP contribution >= 0.6 is 0 Å². The average Bonchev–Trinajstić information content (AvgIpc) is 2.47. The molecule has 1 amide bonds. The number of hydrogen-bond acceptors (Lipinski definition) is 7. The number of nitrogens with zero attached hydrogens (tertiary/aromatic N) is 5. The van der Waals surface area contributed by atoms with E-state index < -0.39 is 5.60 Å². The molecule has 1 aliphatic heterocycles. The van der Waals surface area contributed by atoms with Crippen LogP contribution in [0.2, 0.25) is 0 Å². The number of nitrogens with one attached hydrogen (secondary N) is 1. The zero-order valence-corrected chi connectivity index (χ0v) is 14.3. The van der Waals surface area contributed by atoms with E-state index in [2.05, 4.69) is 15.3 Å². The van der Waals surface area contributed by atoms with E-state index in [9.17, 15) is 9.90 Å². The van der Waals surface area contributed by atoms with Crippen molar-refractivity contribution in [1.82, 2.24) is 19.8 Å². The molecular weight excluding hydrogens is 296 g/mol. The van der Waals surface area contributed by atoms with Gasteiger partial charge in [-0.3, -0.25) is 4.79 Å². The molecule has 0 aliphatic carbocycles. The number of aliphatic hydroxyl groups is 1. The van der Waals surface area contributed by atoms with Crippen LogP contribution in [-0.2, 0) is 4.79 Å². The van der Waals surface area contributed by atoms with Crippen LogP contribution < -0.4 is 10.2 Å². The lowest BCUT2D eigenvalue weighted by Crippen LogP contribution is -2.48. The second kappa shape index (κ2) is 7.10. The predicted octanol–water partition coefficient (Wildman–Crippen LogP) is -0.520. The maximum Gasteiger partial charge on any atom is 0.241 e. The Hall–Kier alpha value is -1.93. The minimum absolute atomic E-state index is 0.0817. The van der Waals surface area contributed by atoms with Gasteiger partial charge in [0.25, 0.3) is 0 Å². The first kappa shape index (κ1) is 17.4. The van der Waals surface area contributed by atoms with E-state index in [1.54, 1.807) is 18.9 Å². The fraction of sp³-hybridized carbons (Fsp3) is 0.667. The SMILES string of the molecule is CN(C)CC(C)(O)CNc1cc(N2CCN(C)C(=O)C2)ncn1. The van der Waals surface area contributed by atoms with Gasteiger partial charge in [0.2, 0.25) is 5.91 Å². The Morgan fingerprint density at radius 2 is 2.13 bits per heavy atom. The Morgan fingerprint density at radius 3 is 2.78 bits per heavy atom. The molecule has 128 valence electrons. The Bertz CT molecular complexity index is 549. The molecule has 1 aliphatic rings. The highest BCUT2D eigenvalue weighted by molar-refractivity contribution is 5.82. The molecule has 1 unspecified atom stereocenters. The third-order valence-electron chi connectivity index (χ3n) is 3.74. The van der Waals surface area contributed by atoms with Gasteiger partial charge in [0.15, 0.2) is 0 Å². The highest BCUT2D eigenvalue weighted by atomic mass is 16.3. The standard InChI is InChI=1S/C15H26N6O2/c1-15(23,10-19(2)3)9-16-12-7-13(18-11-17-12)21-6-5-20(4)14(22)8-21/h7,11,23H,5-6,8-10H2,1-4H3,(H,16,17,18). The van der Waals surface area contributed by atoms with Gasteiger partial charge in [0, 0.05) is 39.3 Å². The normalized spacial score (nSPS) is 18.3. The van der Waals surface area contributed by atoms with Gasteiger partial charge in [-0.1, -0.05) is 0 Å². The van der Waals surface area contributed by atoms with Crippen LogP contribution in [0.5, 0.6) is 0 Å². The third-order valence-corrected chi connectivity index (χ3v) is 3.74. The van der Waals surface area contributed by atoms with Crippen LogP contribution in [0.25, 0.3) is 0 Å². The van der Waals surface area contributed by atoms with E-state index >= 15 is 0 Å². The number of carbonyl (C=O) groups is 1. The molecule has 1 atom stereocenters. The minimum atomic E-state index is -0.863. The highest BCUT2D eigenvalue weighted by Gasteiger charge is 2.23. The molecular formula is C15H26N6O2. The lowest BCUT2D eigenvalue weighted by Gasteiger charge is -2.32. The molecule has 8 heteroatoms. The molecule has 1 fully saturated rings. The molecule has 1 aromatic heterocycles. The smallest absolute Gasteiger partial charge is 0.241 e. The lowest BCUT2D eigenvalue weighted by molar-refractivity contribution is -0.129. The van der Waals surface area contributed by atoms with Crippen molar-refractivity contribution in [3.63, 3.8) is 0 Å². The van der Waals surface area contributed by atoms with Crippen molar-refractivity contribution < 1.29 is 9.90 Å². The van der Waals surface area contributed by atoms with Crippen molar-refractivity contribution in [2.24, 2.45) is 0 Å². The Kier molecular flexibility index (Phi) is 5.38. The molecule has 0 radical (unpaired) electrons. The highest BCUT2D eigenvalue weighted by Crippen LogP contribution is 2.17. The maximum absolute atomic E-state index is 11.8. The topological polar surface area (TPSA) is 84.8 Å². The summed E-state index contributed by atoms with van der Waals surface area (Å²) >= 11 is 0. The largest absolute Gasteiger partial charge is 0.387 e. The molecule has 23 heavy (non-hydrogen) atoms. The zero-order chi connectivity index (χ0) is 17.0. The molecule has 2 N–H and O–H groups in total. The number of hydrogen-bond donors (Lipinski definition) is 2. The van der Waals surface area contributed by atoms with Gasteiger partial charge < -0.3 is 25.1 Å². The maximum atomic E-state index is 11.8. The van der Waals surface area contributed by atoms with Crippen LogP contribution in [0.4, 0.5) is 11.6 Å². The average molecular weight is 322 g/mol. The predicted molar refractivity (Wildman–Crippen MR) is 89.5 cm³/mol. The summed E-state index contributed by atoms with van der Waals surface area (Å²) < 4.78 is 0. The minimum Gasteiger partial charge on any atom is -0.387 e. The van der Waals surface area contributed by atoms with Gasteiger partial charge in [-0.05, 0) is 21.0 Å². The number of piperazine rings is 1. The monoisotopic (exact) mass is 322 g/mol. The molecule has 1 saturated heterocycles. The van der Waals surface area contributed by atoms with Crippen molar-refractivity contribution in [3.05, 3.63) is 12.4 Å². The van der Waals surface area contributed by atoms with E-state index in [0.29, 0.717) is 32.0 Å². The van der Waals surface area contributed by atoms with Crippen molar-refractivity contribution in [1.29, 1.82) is 0 Å². The van der Waals surface area contributed by atoms with E-state index in [4.69, 9.17) is 0 Å². The summed E-state index contributed by atoms with van der Waals surface area (Å²) in [6.07, 6.45) is 1.47. The van der Waals surface area contributed by atoms with Gasteiger partial charge in [-0.2, -0.15) is 0 Å². The fourth-order valence-electron chi connectivity index (χ4n) is 2.59. The summed E-state index contributed by atoms with van der Waals surface area (Å²) in [6.45, 7) is 4.46. The molecule has 2 rings (SSSR count). The van der Waals surface area contributed by atoms with Crippen LogP contribution in [-0.4, -0.2) is 90.2 Å². The quantitative estimate of drug-likeness (QED) is 0.729. The molecule has 0 saturated carbocycles. The van der Waals surface area contributed by atoms with E-state index in [1.165, 1.54) is 6.33 Å². The second-order valence-corrected chi connectivity index (χ2v) is 6.59. The van der Waals surface area contributed by atoms with Crippen molar-refractivity contribution in [2.45, 2.75) is 12.5 Å². The molecule has 8 nitrogen and oxygen atoms in total. The van der Waals surface area contributed by atoms with Gasteiger partial charge in [0.1, 0.15) is 18.0 Å². The van der Waals surface area contributed by atoms with Gasteiger partial charge in [0.05, 0.1) is 12.1 Å². The van der Waals surface area contributed by atoms with Gasteiger partial charge in [-0.25, -0.2) is 9.97 Å². The number of amides is 1. The summed E-state index contributed by atoms with van der Waals surface area (Å²) in [5, 5.41) is 13.5. The van der Waals surface area contributed by atoms with Crippen molar-refractivity contribution in [2.75, 3.05) is 64.1 Å². The summed E-state index contributed by atoms with van der Waals surface area (Å²) in [5.74, 6) is 1.44. The van der Waals surface area contributed by atoms with Crippen molar-refractivity contribution >= 4 is 17.5 Å². The van der Waals surface area contributed by atoms with Crippen LogP contribution in [0.3, 0.4) is 0 Å². The van der Waals surface area contributed by atoms with Crippen molar-refractivity contribution in [3.8, 4) is 0 Å². The van der Waals surface area contributed by atoms with E-state index in [-0.39, 0.29) is 5.91 Å². The van der Waals surface area contributed by atoms with Crippen LogP contribution in [0.1, 0.15) is 6.92 Å². The van der Waals surface area contributed by atoms with Crippen LogP contribution in [0, 0.1) is 0 Å². The summed E-state index contributed by atoms with van der Waals surface area (Å²) in [4.78, 5) is 25.8. The number of aromatic nitrogens is 2. The first-order valence-corrected chi connectivity index (χ1v) is 7.69. The van der Waals surface area contributed by atoms with E-state index in [0.717, 1.165) is 12.4 Å². The summed E-state index contributed by atoms with van der Waals surface area (Å²) in [6, 6.07) is 1.81. The zero-order valence-electron chi connectivity index (χ0n) is 14.3. The van der Waals surface area contributed by atoms with E-state index in [1.807, 2.05) is 30.0 Å². The molecule has 0 aromatic carbocycles. The number of likely N-dealkylation sites (N-methyl/N-ethyl adjacent to an activating group) is 2. The Balaban J connectivity index is 1.99. The summed E-state index contributed by atoms with van der Waals surface area (Å²) in [5.41, 5.74) is -0.863. The summed E-state index contributed by atoms with van der Waals surface area (Å²) in [7, 11) is 5.64.